The second kappa shape index (κ2) is 7.26. The molecule has 2 amide bonds. The van der Waals surface area contributed by atoms with E-state index in [0.717, 1.165) is 4.90 Å². The molecule has 0 spiro atoms. The van der Waals surface area contributed by atoms with E-state index in [1.54, 1.807) is 23.9 Å². The molecule has 1 aromatic rings. The van der Waals surface area contributed by atoms with Gasteiger partial charge in [-0.2, -0.15) is 0 Å². The van der Waals surface area contributed by atoms with Gasteiger partial charge in [-0.3, -0.25) is 14.4 Å². The number of hydrogen-bond donors (Lipinski definition) is 1. The first kappa shape index (κ1) is 15.6. The largest absolute Gasteiger partial charge is 0.353 e. The van der Waals surface area contributed by atoms with Crippen LogP contribution in [0.1, 0.15) is 23.2 Å². The number of hydrogen-bond acceptors (Lipinski definition) is 4. The SMILES string of the molecule is CSc1ccc(C(=O)CCC(=O)N2CCNC(=O)C2)cc1. The fourth-order valence-electron chi connectivity index (χ4n) is 2.15. The summed E-state index contributed by atoms with van der Waals surface area (Å²) < 4.78 is 0. The fraction of sp³-hybridized carbons (Fsp3) is 0.400. The van der Waals surface area contributed by atoms with Gasteiger partial charge in [0.15, 0.2) is 5.78 Å². The monoisotopic (exact) mass is 306 g/mol. The number of thioether (sulfide) groups is 1. The number of nitrogens with zero attached hydrogens (tertiary/aromatic N) is 1. The van der Waals surface area contributed by atoms with Crippen molar-refractivity contribution in [3.63, 3.8) is 0 Å². The van der Waals surface area contributed by atoms with E-state index < -0.39 is 0 Å². The van der Waals surface area contributed by atoms with E-state index in [2.05, 4.69) is 5.32 Å². The Morgan fingerprint density at radius 3 is 2.57 bits per heavy atom. The summed E-state index contributed by atoms with van der Waals surface area (Å²) >= 11 is 1.62. The molecule has 0 saturated carbocycles. The molecule has 1 N–H and O–H groups in total. The third-order valence-corrected chi connectivity index (χ3v) is 4.11. The second-order valence-electron chi connectivity index (χ2n) is 4.82. The number of Topliss-reactive ketones (excluding diaryl/α,β-unsaturated/α-hetero) is 1. The van der Waals surface area contributed by atoms with E-state index >= 15 is 0 Å². The van der Waals surface area contributed by atoms with Gasteiger partial charge in [-0.25, -0.2) is 0 Å². The Kier molecular flexibility index (Phi) is 5.38. The molecule has 0 aromatic heterocycles. The van der Waals surface area contributed by atoms with Crippen LogP contribution in [0, 0.1) is 0 Å². The summed E-state index contributed by atoms with van der Waals surface area (Å²) in [5.74, 6) is -0.329. The zero-order valence-corrected chi connectivity index (χ0v) is 12.7. The first-order chi connectivity index (χ1) is 10.1. The standard InChI is InChI=1S/C15H18N2O3S/c1-21-12-4-2-11(3-5-12)13(18)6-7-15(20)17-9-8-16-14(19)10-17/h2-5H,6-10H2,1H3,(H,16,19). The van der Waals surface area contributed by atoms with Crippen molar-refractivity contribution in [1.29, 1.82) is 0 Å². The summed E-state index contributed by atoms with van der Waals surface area (Å²) in [7, 11) is 0. The van der Waals surface area contributed by atoms with Crippen molar-refractivity contribution >= 4 is 29.4 Å². The number of nitrogens with one attached hydrogen (secondary N) is 1. The summed E-state index contributed by atoms with van der Waals surface area (Å²) in [6, 6.07) is 7.36. The maximum atomic E-state index is 12.0. The van der Waals surface area contributed by atoms with Gasteiger partial charge in [0, 0.05) is 36.4 Å². The highest BCUT2D eigenvalue weighted by atomic mass is 32.2. The summed E-state index contributed by atoms with van der Waals surface area (Å²) in [6.07, 6.45) is 2.30. The molecule has 1 fully saturated rings. The second-order valence-corrected chi connectivity index (χ2v) is 5.70. The Morgan fingerprint density at radius 1 is 1.24 bits per heavy atom. The highest BCUT2D eigenvalue weighted by molar-refractivity contribution is 7.98. The minimum absolute atomic E-state index is 0.0440. The van der Waals surface area contributed by atoms with Crippen molar-refractivity contribution in [2.45, 2.75) is 17.7 Å². The van der Waals surface area contributed by atoms with Crippen molar-refractivity contribution in [2.24, 2.45) is 0 Å². The smallest absolute Gasteiger partial charge is 0.239 e. The van der Waals surface area contributed by atoms with Crippen LogP contribution in [0.2, 0.25) is 0 Å². The van der Waals surface area contributed by atoms with Gasteiger partial charge < -0.3 is 10.2 Å². The summed E-state index contributed by atoms with van der Waals surface area (Å²) in [5, 5.41) is 2.67. The average Bonchev–Trinajstić information content (AvgIpc) is 2.52. The zero-order chi connectivity index (χ0) is 15.2. The van der Waals surface area contributed by atoms with E-state index in [1.807, 2.05) is 18.4 Å². The summed E-state index contributed by atoms with van der Waals surface area (Å²) in [6.45, 7) is 1.09. The zero-order valence-electron chi connectivity index (χ0n) is 11.9. The molecule has 21 heavy (non-hydrogen) atoms. The molecule has 1 aromatic carbocycles. The molecule has 5 nitrogen and oxygen atoms in total. The van der Waals surface area contributed by atoms with Crippen molar-refractivity contribution < 1.29 is 14.4 Å². The number of benzene rings is 1. The molecule has 1 aliphatic rings. The van der Waals surface area contributed by atoms with Gasteiger partial charge in [-0.1, -0.05) is 12.1 Å². The Balaban J connectivity index is 1.85. The molecule has 6 heteroatoms. The van der Waals surface area contributed by atoms with E-state index in [1.165, 1.54) is 4.90 Å². The maximum Gasteiger partial charge on any atom is 0.239 e. The van der Waals surface area contributed by atoms with Gasteiger partial charge in [0.05, 0.1) is 6.54 Å². The van der Waals surface area contributed by atoms with E-state index in [9.17, 15) is 14.4 Å². The van der Waals surface area contributed by atoms with E-state index in [4.69, 9.17) is 0 Å². The quantitative estimate of drug-likeness (QED) is 0.658. The number of rotatable bonds is 5. The minimum Gasteiger partial charge on any atom is -0.353 e. The molecular formula is C15H18N2O3S. The van der Waals surface area contributed by atoms with Crippen LogP contribution in [0.15, 0.2) is 29.2 Å². The maximum absolute atomic E-state index is 12.0. The Labute approximate surface area is 128 Å². The lowest BCUT2D eigenvalue weighted by Gasteiger charge is -2.26. The van der Waals surface area contributed by atoms with Crippen molar-refractivity contribution in [3.8, 4) is 0 Å². The lowest BCUT2D eigenvalue weighted by Crippen LogP contribution is -2.50. The van der Waals surface area contributed by atoms with Crippen LogP contribution in [-0.2, 0) is 9.59 Å². The summed E-state index contributed by atoms with van der Waals surface area (Å²) in [5.41, 5.74) is 0.622. The molecule has 0 unspecified atom stereocenters. The molecule has 112 valence electrons. The molecule has 0 bridgehead atoms. The van der Waals surface area contributed by atoms with Gasteiger partial charge >= 0.3 is 0 Å². The summed E-state index contributed by atoms with van der Waals surface area (Å²) in [4.78, 5) is 37.8. The number of carbonyl (C=O) groups excluding carboxylic acids is 3. The molecule has 0 aliphatic carbocycles. The third-order valence-electron chi connectivity index (χ3n) is 3.37. The minimum atomic E-state index is -0.145. The average molecular weight is 306 g/mol. The lowest BCUT2D eigenvalue weighted by molar-refractivity contribution is -0.138. The van der Waals surface area contributed by atoms with Crippen molar-refractivity contribution in [1.82, 2.24) is 10.2 Å². The van der Waals surface area contributed by atoms with Gasteiger partial charge in [-0.15, -0.1) is 11.8 Å². The normalized spacial score (nSPS) is 14.7. The van der Waals surface area contributed by atoms with E-state index in [0.29, 0.717) is 18.7 Å². The predicted molar refractivity (Wildman–Crippen MR) is 81.4 cm³/mol. The highest BCUT2D eigenvalue weighted by Crippen LogP contribution is 2.16. The van der Waals surface area contributed by atoms with Crippen LogP contribution in [0.3, 0.4) is 0 Å². The predicted octanol–water partition coefficient (Wildman–Crippen LogP) is 1.33. The molecule has 1 saturated heterocycles. The van der Waals surface area contributed by atoms with Crippen molar-refractivity contribution in [2.75, 3.05) is 25.9 Å². The topological polar surface area (TPSA) is 66.5 Å². The van der Waals surface area contributed by atoms with Crippen LogP contribution in [0.25, 0.3) is 0 Å². The molecule has 2 rings (SSSR count). The number of ketones is 1. The van der Waals surface area contributed by atoms with Crippen LogP contribution < -0.4 is 5.32 Å². The Hall–Kier alpha value is -1.82. The molecule has 1 aliphatic heterocycles. The first-order valence-electron chi connectivity index (χ1n) is 6.82. The van der Waals surface area contributed by atoms with Gasteiger partial charge in [0.2, 0.25) is 11.8 Å². The van der Waals surface area contributed by atoms with Crippen LogP contribution in [0.5, 0.6) is 0 Å². The molecule has 1 heterocycles. The Bertz CT molecular complexity index is 542. The fourth-order valence-corrected chi connectivity index (χ4v) is 2.56. The molecule has 0 atom stereocenters. The lowest BCUT2D eigenvalue weighted by atomic mass is 10.1. The van der Waals surface area contributed by atoms with Crippen LogP contribution in [0.4, 0.5) is 0 Å². The highest BCUT2D eigenvalue weighted by Gasteiger charge is 2.21. The van der Waals surface area contributed by atoms with Crippen LogP contribution >= 0.6 is 11.8 Å². The van der Waals surface area contributed by atoms with Gasteiger partial charge in [-0.05, 0) is 18.4 Å². The third kappa shape index (κ3) is 4.32. The van der Waals surface area contributed by atoms with E-state index in [-0.39, 0.29) is 37.0 Å². The van der Waals surface area contributed by atoms with Crippen LogP contribution in [-0.4, -0.2) is 48.4 Å². The molecule has 0 radical (unpaired) electrons. The number of amides is 2. The molecular weight excluding hydrogens is 288 g/mol. The first-order valence-corrected chi connectivity index (χ1v) is 8.04. The number of carbonyl (C=O) groups is 3. The Morgan fingerprint density at radius 2 is 1.95 bits per heavy atom. The van der Waals surface area contributed by atoms with Crippen molar-refractivity contribution in [3.05, 3.63) is 29.8 Å². The number of piperazine rings is 1. The van der Waals surface area contributed by atoms with Gasteiger partial charge in [0.25, 0.3) is 0 Å². The van der Waals surface area contributed by atoms with Gasteiger partial charge in [0.1, 0.15) is 0 Å².